The van der Waals surface area contributed by atoms with E-state index in [-0.39, 0.29) is 0 Å². The second-order valence-corrected chi connectivity index (χ2v) is 5.41. The summed E-state index contributed by atoms with van der Waals surface area (Å²) in [5, 5.41) is 0. The first-order valence-corrected chi connectivity index (χ1v) is 6.91. The molecule has 0 saturated carbocycles. The summed E-state index contributed by atoms with van der Waals surface area (Å²) in [6.45, 7) is 0. The van der Waals surface area contributed by atoms with Gasteiger partial charge in [-0.2, -0.15) is 0 Å². The number of methoxy groups -OCH3 is 2. The van der Waals surface area contributed by atoms with Gasteiger partial charge in [-0.05, 0) is 67.3 Å². The van der Waals surface area contributed by atoms with Crippen molar-refractivity contribution < 1.29 is 9.47 Å². The zero-order valence-corrected chi connectivity index (χ0v) is 13.2. The maximum Gasteiger partial charge on any atom is 0.133 e. The van der Waals surface area contributed by atoms with Crippen LogP contribution in [0, 0.1) is 0 Å². The Hall–Kier alpha value is -1.00. The Labute approximate surface area is 123 Å². The van der Waals surface area contributed by atoms with E-state index in [2.05, 4.69) is 31.9 Å². The van der Waals surface area contributed by atoms with Gasteiger partial charge in [-0.1, -0.05) is 12.1 Å². The van der Waals surface area contributed by atoms with E-state index >= 15 is 0 Å². The largest absolute Gasteiger partial charge is 0.496 e. The van der Waals surface area contributed by atoms with Crippen LogP contribution in [0.2, 0.25) is 0 Å². The number of hydrogen-bond donors (Lipinski definition) is 0. The summed E-state index contributed by atoms with van der Waals surface area (Å²) in [6, 6.07) is 12.0. The van der Waals surface area contributed by atoms with Crippen LogP contribution in [-0.4, -0.2) is 14.2 Å². The van der Waals surface area contributed by atoms with Crippen LogP contribution in [0.25, 0.3) is 11.1 Å². The van der Waals surface area contributed by atoms with E-state index in [9.17, 15) is 0 Å². The Kier molecular flexibility index (Phi) is 4.30. The molecule has 0 aliphatic heterocycles. The van der Waals surface area contributed by atoms with Crippen molar-refractivity contribution >= 4 is 31.9 Å². The predicted octanol–water partition coefficient (Wildman–Crippen LogP) is 4.90. The summed E-state index contributed by atoms with van der Waals surface area (Å²) in [4.78, 5) is 0. The summed E-state index contributed by atoms with van der Waals surface area (Å²) in [6.07, 6.45) is 0. The standard InChI is InChI=1S/C14H12Br2O2/c1-17-13-5-3-9(7-11(13)15)10-4-6-14(18-2)12(16)8-10/h3-8H,1-2H3. The molecule has 0 N–H and O–H groups in total. The molecule has 0 atom stereocenters. The first-order valence-electron chi connectivity index (χ1n) is 5.33. The highest BCUT2D eigenvalue weighted by molar-refractivity contribution is 9.11. The van der Waals surface area contributed by atoms with Crippen LogP contribution in [0.4, 0.5) is 0 Å². The average Bonchev–Trinajstić information content (AvgIpc) is 2.38. The molecule has 0 amide bonds. The number of benzene rings is 2. The fraction of sp³-hybridized carbons (Fsp3) is 0.143. The third-order valence-electron chi connectivity index (χ3n) is 2.64. The lowest BCUT2D eigenvalue weighted by Gasteiger charge is -2.09. The highest BCUT2D eigenvalue weighted by Crippen LogP contribution is 2.34. The van der Waals surface area contributed by atoms with Crippen molar-refractivity contribution in [1.29, 1.82) is 0 Å². The molecular formula is C14H12Br2O2. The average molecular weight is 372 g/mol. The monoisotopic (exact) mass is 370 g/mol. The van der Waals surface area contributed by atoms with Crippen molar-refractivity contribution in [2.24, 2.45) is 0 Å². The van der Waals surface area contributed by atoms with Crippen LogP contribution in [0.5, 0.6) is 11.5 Å². The van der Waals surface area contributed by atoms with Crippen molar-refractivity contribution in [3.8, 4) is 22.6 Å². The van der Waals surface area contributed by atoms with Crippen molar-refractivity contribution in [2.45, 2.75) is 0 Å². The van der Waals surface area contributed by atoms with Gasteiger partial charge in [-0.15, -0.1) is 0 Å². The van der Waals surface area contributed by atoms with Crippen LogP contribution in [0.3, 0.4) is 0 Å². The number of hydrogen-bond acceptors (Lipinski definition) is 2. The Bertz CT molecular complexity index is 516. The van der Waals surface area contributed by atoms with E-state index in [1.165, 1.54) is 0 Å². The Balaban J connectivity index is 2.42. The number of rotatable bonds is 3. The molecule has 0 fully saturated rings. The van der Waals surface area contributed by atoms with E-state index in [1.54, 1.807) is 14.2 Å². The summed E-state index contributed by atoms with van der Waals surface area (Å²) in [5.41, 5.74) is 2.23. The van der Waals surface area contributed by atoms with Gasteiger partial charge in [0.2, 0.25) is 0 Å². The van der Waals surface area contributed by atoms with E-state index < -0.39 is 0 Å². The van der Waals surface area contributed by atoms with Gasteiger partial charge in [0.05, 0.1) is 23.2 Å². The van der Waals surface area contributed by atoms with Crippen molar-refractivity contribution in [3.63, 3.8) is 0 Å². The molecule has 94 valence electrons. The molecule has 0 unspecified atom stereocenters. The summed E-state index contributed by atoms with van der Waals surface area (Å²) in [7, 11) is 3.31. The van der Waals surface area contributed by atoms with Crippen LogP contribution in [-0.2, 0) is 0 Å². The van der Waals surface area contributed by atoms with Crippen molar-refractivity contribution in [3.05, 3.63) is 45.3 Å². The predicted molar refractivity (Wildman–Crippen MR) is 80.4 cm³/mol. The Morgan fingerprint density at radius 3 is 1.39 bits per heavy atom. The molecule has 0 aliphatic carbocycles. The molecular weight excluding hydrogens is 360 g/mol. The van der Waals surface area contributed by atoms with Gasteiger partial charge in [0.15, 0.2) is 0 Å². The van der Waals surface area contributed by atoms with Gasteiger partial charge < -0.3 is 9.47 Å². The zero-order valence-electron chi connectivity index (χ0n) is 10.0. The number of halogens is 2. The Morgan fingerprint density at radius 2 is 1.11 bits per heavy atom. The molecule has 0 radical (unpaired) electrons. The molecule has 2 aromatic rings. The maximum atomic E-state index is 5.22. The fourth-order valence-corrected chi connectivity index (χ4v) is 2.77. The van der Waals surface area contributed by atoms with E-state index in [0.717, 1.165) is 31.6 Å². The Morgan fingerprint density at radius 1 is 0.722 bits per heavy atom. The molecule has 0 aromatic heterocycles. The fourth-order valence-electron chi connectivity index (χ4n) is 1.69. The second kappa shape index (κ2) is 5.76. The van der Waals surface area contributed by atoms with Crippen LogP contribution in [0.15, 0.2) is 45.3 Å². The SMILES string of the molecule is COc1ccc(-c2ccc(OC)c(Br)c2)cc1Br. The second-order valence-electron chi connectivity index (χ2n) is 3.70. The first-order chi connectivity index (χ1) is 8.65. The molecule has 18 heavy (non-hydrogen) atoms. The third-order valence-corrected chi connectivity index (χ3v) is 3.88. The normalized spacial score (nSPS) is 10.2. The lowest BCUT2D eigenvalue weighted by Crippen LogP contribution is -1.87. The van der Waals surface area contributed by atoms with Crippen LogP contribution < -0.4 is 9.47 Å². The van der Waals surface area contributed by atoms with Gasteiger partial charge in [-0.3, -0.25) is 0 Å². The highest BCUT2D eigenvalue weighted by atomic mass is 79.9. The molecule has 4 heteroatoms. The molecule has 0 spiro atoms. The summed E-state index contributed by atoms with van der Waals surface area (Å²) < 4.78 is 12.3. The number of ether oxygens (including phenoxy) is 2. The van der Waals surface area contributed by atoms with Gasteiger partial charge in [0.25, 0.3) is 0 Å². The first kappa shape index (κ1) is 13.4. The third kappa shape index (κ3) is 2.70. The smallest absolute Gasteiger partial charge is 0.133 e. The van der Waals surface area contributed by atoms with Crippen LogP contribution >= 0.6 is 31.9 Å². The molecule has 2 nitrogen and oxygen atoms in total. The maximum absolute atomic E-state index is 5.22. The molecule has 2 aromatic carbocycles. The topological polar surface area (TPSA) is 18.5 Å². The lowest BCUT2D eigenvalue weighted by atomic mass is 10.1. The van der Waals surface area contributed by atoms with E-state index in [0.29, 0.717) is 0 Å². The minimum Gasteiger partial charge on any atom is -0.496 e. The zero-order chi connectivity index (χ0) is 13.1. The van der Waals surface area contributed by atoms with Crippen molar-refractivity contribution in [2.75, 3.05) is 14.2 Å². The molecule has 0 bridgehead atoms. The summed E-state index contributed by atoms with van der Waals surface area (Å²) >= 11 is 6.98. The highest BCUT2D eigenvalue weighted by Gasteiger charge is 2.06. The molecule has 0 heterocycles. The van der Waals surface area contributed by atoms with Crippen molar-refractivity contribution in [1.82, 2.24) is 0 Å². The lowest BCUT2D eigenvalue weighted by molar-refractivity contribution is 0.412. The van der Waals surface area contributed by atoms with Crippen LogP contribution in [0.1, 0.15) is 0 Å². The quantitative estimate of drug-likeness (QED) is 0.764. The summed E-state index contributed by atoms with van der Waals surface area (Å²) in [5.74, 6) is 1.65. The molecule has 2 rings (SSSR count). The van der Waals surface area contributed by atoms with Gasteiger partial charge >= 0.3 is 0 Å². The van der Waals surface area contributed by atoms with E-state index in [1.807, 2.05) is 36.4 Å². The molecule has 0 saturated heterocycles. The minimum absolute atomic E-state index is 0.825. The van der Waals surface area contributed by atoms with Gasteiger partial charge in [0.1, 0.15) is 11.5 Å². The molecule has 0 aliphatic rings. The van der Waals surface area contributed by atoms with Gasteiger partial charge in [-0.25, -0.2) is 0 Å². The van der Waals surface area contributed by atoms with Gasteiger partial charge in [0, 0.05) is 0 Å². The minimum atomic E-state index is 0.825. The van der Waals surface area contributed by atoms with E-state index in [4.69, 9.17) is 9.47 Å².